The summed E-state index contributed by atoms with van der Waals surface area (Å²) in [6.07, 6.45) is 2.54. The zero-order chi connectivity index (χ0) is 16.4. The van der Waals surface area contributed by atoms with Crippen molar-refractivity contribution in [2.75, 3.05) is 31.6 Å². The molecule has 2 heterocycles. The maximum atomic E-state index is 13.0. The van der Waals surface area contributed by atoms with Crippen molar-refractivity contribution in [2.45, 2.75) is 25.3 Å². The number of likely N-dealkylation sites (N-methyl/N-ethyl adjacent to an activating group) is 1. The predicted octanol–water partition coefficient (Wildman–Crippen LogP) is 1.81. The Kier molecular flexibility index (Phi) is 6.18. The Morgan fingerprint density at radius 3 is 2.58 bits per heavy atom. The molecule has 0 aliphatic carbocycles. The summed E-state index contributed by atoms with van der Waals surface area (Å²) in [6.45, 7) is 1.89. The minimum absolute atomic E-state index is 0. The molecular weight excluding hydrogens is 333 g/mol. The molecule has 2 aliphatic heterocycles. The molecule has 1 aromatic carbocycles. The number of hydrogen-bond acceptors (Lipinski definition) is 3. The smallest absolute Gasteiger partial charge is 0.239 e. The largest absolute Gasteiger partial charge is 0.340 e. The Morgan fingerprint density at radius 2 is 1.92 bits per heavy atom. The summed E-state index contributed by atoms with van der Waals surface area (Å²) in [5.74, 6) is -1.18. The average Bonchev–Trinajstić information content (AvgIpc) is 2.96. The zero-order valence-electron chi connectivity index (χ0n) is 13.7. The molecule has 7 heteroatoms. The third-order valence-corrected chi connectivity index (χ3v) is 4.78. The first-order chi connectivity index (χ1) is 11.1. The van der Waals surface area contributed by atoms with Gasteiger partial charge in [0.05, 0.1) is 0 Å². The first-order valence-electron chi connectivity index (χ1n) is 8.13. The third-order valence-electron chi connectivity index (χ3n) is 4.78. The lowest BCUT2D eigenvalue weighted by molar-refractivity contribution is -0.140. The van der Waals surface area contributed by atoms with E-state index in [-0.39, 0.29) is 30.0 Å². The van der Waals surface area contributed by atoms with Gasteiger partial charge in [-0.25, -0.2) is 4.39 Å². The first kappa shape index (κ1) is 18.7. The van der Waals surface area contributed by atoms with Crippen LogP contribution in [0.3, 0.4) is 0 Å². The topological polar surface area (TPSA) is 52.7 Å². The van der Waals surface area contributed by atoms with Gasteiger partial charge in [0.2, 0.25) is 11.8 Å². The molecule has 1 aromatic rings. The fourth-order valence-corrected chi connectivity index (χ4v) is 3.42. The van der Waals surface area contributed by atoms with Crippen molar-refractivity contribution in [3.05, 3.63) is 30.1 Å². The van der Waals surface area contributed by atoms with E-state index in [0.717, 1.165) is 19.4 Å². The van der Waals surface area contributed by atoms with Crippen molar-refractivity contribution >= 4 is 29.9 Å². The van der Waals surface area contributed by atoms with E-state index in [0.29, 0.717) is 31.2 Å². The lowest BCUT2D eigenvalue weighted by Crippen LogP contribution is -2.49. The van der Waals surface area contributed by atoms with Crippen LogP contribution in [-0.2, 0) is 9.59 Å². The van der Waals surface area contributed by atoms with E-state index < -0.39 is 5.92 Å². The number of carbonyl (C=O) groups is 2. The number of halogens is 2. The van der Waals surface area contributed by atoms with Crippen molar-refractivity contribution in [3.8, 4) is 0 Å². The predicted molar refractivity (Wildman–Crippen MR) is 92.8 cm³/mol. The van der Waals surface area contributed by atoms with Crippen LogP contribution in [0.1, 0.15) is 19.3 Å². The number of likely N-dealkylation sites (tertiary alicyclic amines) is 1. The van der Waals surface area contributed by atoms with Crippen LogP contribution < -0.4 is 10.2 Å². The van der Waals surface area contributed by atoms with Crippen molar-refractivity contribution in [2.24, 2.45) is 5.92 Å². The van der Waals surface area contributed by atoms with E-state index in [1.54, 1.807) is 21.9 Å². The molecule has 1 N–H and O–H groups in total. The molecule has 2 amide bonds. The molecule has 132 valence electrons. The second-order valence-corrected chi connectivity index (χ2v) is 6.22. The highest BCUT2D eigenvalue weighted by molar-refractivity contribution is 6.09. The lowest BCUT2D eigenvalue weighted by atomic mass is 10.0. The first-order valence-corrected chi connectivity index (χ1v) is 8.13. The van der Waals surface area contributed by atoms with Gasteiger partial charge in [-0.15, -0.1) is 12.4 Å². The van der Waals surface area contributed by atoms with Crippen LogP contribution in [-0.4, -0.2) is 49.4 Å². The third kappa shape index (κ3) is 3.70. The molecular formula is C17H23ClFN3O2. The average molecular weight is 356 g/mol. The number of nitrogens with zero attached hydrogens (tertiary/aromatic N) is 2. The second kappa shape index (κ2) is 7.94. The van der Waals surface area contributed by atoms with Crippen LogP contribution in [0.2, 0.25) is 0 Å². The molecule has 0 aromatic heterocycles. The van der Waals surface area contributed by atoms with Gasteiger partial charge in [-0.05, 0) is 50.6 Å². The van der Waals surface area contributed by atoms with Gasteiger partial charge in [-0.3, -0.25) is 9.59 Å². The van der Waals surface area contributed by atoms with E-state index >= 15 is 0 Å². The van der Waals surface area contributed by atoms with Crippen molar-refractivity contribution in [3.63, 3.8) is 0 Å². The van der Waals surface area contributed by atoms with Gasteiger partial charge < -0.3 is 15.1 Å². The Morgan fingerprint density at radius 1 is 1.21 bits per heavy atom. The van der Waals surface area contributed by atoms with Crippen LogP contribution in [0.4, 0.5) is 10.1 Å². The molecule has 2 fully saturated rings. The van der Waals surface area contributed by atoms with E-state index in [4.69, 9.17) is 0 Å². The Hall–Kier alpha value is -1.66. The number of rotatable bonds is 3. The van der Waals surface area contributed by atoms with Crippen LogP contribution in [0.25, 0.3) is 0 Å². The molecule has 5 nitrogen and oxygen atoms in total. The van der Waals surface area contributed by atoms with Crippen LogP contribution >= 0.6 is 12.4 Å². The molecule has 0 radical (unpaired) electrons. The van der Waals surface area contributed by atoms with Crippen LogP contribution in [0, 0.1) is 11.7 Å². The number of amides is 2. The molecule has 24 heavy (non-hydrogen) atoms. The number of anilines is 1. The van der Waals surface area contributed by atoms with E-state index in [1.807, 2.05) is 7.05 Å². The Labute approximate surface area is 147 Å². The van der Waals surface area contributed by atoms with Crippen molar-refractivity contribution in [1.82, 2.24) is 10.2 Å². The fourth-order valence-electron chi connectivity index (χ4n) is 3.42. The normalized spacial score (nSPS) is 24.0. The van der Waals surface area contributed by atoms with Gasteiger partial charge in [0.15, 0.2) is 0 Å². The fraction of sp³-hybridized carbons (Fsp3) is 0.529. The molecule has 0 saturated carbocycles. The Balaban J connectivity index is 0.00000208. The number of carbonyl (C=O) groups excluding carboxylic acids is 2. The summed E-state index contributed by atoms with van der Waals surface area (Å²) in [6, 6.07) is 6.13. The minimum atomic E-state index is -0.601. The molecule has 2 atom stereocenters. The maximum absolute atomic E-state index is 13.0. The number of piperidine rings is 1. The van der Waals surface area contributed by atoms with Gasteiger partial charge in [-0.2, -0.15) is 0 Å². The summed E-state index contributed by atoms with van der Waals surface area (Å²) in [7, 11) is 1.90. The molecule has 0 spiro atoms. The quantitative estimate of drug-likeness (QED) is 0.841. The molecule has 2 aliphatic rings. The lowest BCUT2D eigenvalue weighted by Gasteiger charge is -2.33. The highest BCUT2D eigenvalue weighted by atomic mass is 35.5. The van der Waals surface area contributed by atoms with Crippen molar-refractivity contribution in [1.29, 1.82) is 0 Å². The van der Waals surface area contributed by atoms with Gasteiger partial charge >= 0.3 is 0 Å². The monoisotopic (exact) mass is 355 g/mol. The molecule has 0 bridgehead atoms. The van der Waals surface area contributed by atoms with Crippen LogP contribution in [0.15, 0.2) is 24.3 Å². The van der Waals surface area contributed by atoms with Gasteiger partial charge in [0.1, 0.15) is 11.7 Å². The molecule has 2 unspecified atom stereocenters. The van der Waals surface area contributed by atoms with Crippen LogP contribution in [0.5, 0.6) is 0 Å². The summed E-state index contributed by atoms with van der Waals surface area (Å²) in [5, 5.41) is 3.21. The van der Waals surface area contributed by atoms with Gasteiger partial charge in [-0.1, -0.05) is 0 Å². The number of nitrogens with one attached hydrogen (secondary N) is 1. The maximum Gasteiger partial charge on any atom is 0.239 e. The minimum Gasteiger partial charge on any atom is -0.340 e. The SMILES string of the molecule is CNC1CCCN(C(=O)C2CCN(c3ccc(F)cc3)C2=O)C1.Cl. The van der Waals surface area contributed by atoms with E-state index in [1.165, 1.54) is 12.1 Å². The zero-order valence-corrected chi connectivity index (χ0v) is 14.5. The van der Waals surface area contributed by atoms with Crippen molar-refractivity contribution < 1.29 is 14.0 Å². The highest BCUT2D eigenvalue weighted by Gasteiger charge is 2.40. The summed E-state index contributed by atoms with van der Waals surface area (Å²) in [5.41, 5.74) is 0.651. The van der Waals surface area contributed by atoms with Gasteiger partial charge in [0.25, 0.3) is 0 Å². The number of hydrogen-bond donors (Lipinski definition) is 1. The van der Waals surface area contributed by atoms with E-state index in [9.17, 15) is 14.0 Å². The Bertz CT molecular complexity index is 596. The summed E-state index contributed by atoms with van der Waals surface area (Å²) < 4.78 is 13.0. The number of benzene rings is 1. The summed E-state index contributed by atoms with van der Waals surface area (Å²) >= 11 is 0. The second-order valence-electron chi connectivity index (χ2n) is 6.22. The highest BCUT2D eigenvalue weighted by Crippen LogP contribution is 2.27. The summed E-state index contributed by atoms with van der Waals surface area (Å²) in [4.78, 5) is 28.7. The molecule has 2 saturated heterocycles. The van der Waals surface area contributed by atoms with E-state index in [2.05, 4.69) is 5.32 Å². The van der Waals surface area contributed by atoms with Gasteiger partial charge in [0, 0.05) is 31.4 Å². The standard InChI is InChI=1S/C17H22FN3O2.ClH/c1-19-13-3-2-9-20(11-13)16(22)15-8-10-21(17(15)23)14-6-4-12(18)5-7-14;/h4-7,13,15,19H,2-3,8-11H2,1H3;1H. The molecule has 3 rings (SSSR count).